The zero-order chi connectivity index (χ0) is 17.0. The van der Waals surface area contributed by atoms with Gasteiger partial charge in [-0.1, -0.05) is 25.3 Å². The lowest BCUT2D eigenvalue weighted by molar-refractivity contribution is 0.190. The summed E-state index contributed by atoms with van der Waals surface area (Å²) >= 11 is 0. The van der Waals surface area contributed by atoms with Gasteiger partial charge in [-0.3, -0.25) is 4.98 Å². The third-order valence-electron chi connectivity index (χ3n) is 4.65. The van der Waals surface area contributed by atoms with Crippen molar-refractivity contribution < 1.29 is 0 Å². The molecule has 25 heavy (non-hydrogen) atoms. The molecule has 1 aliphatic rings. The van der Waals surface area contributed by atoms with E-state index in [-0.39, 0.29) is 24.0 Å². The van der Waals surface area contributed by atoms with E-state index in [2.05, 4.69) is 39.5 Å². The molecule has 0 unspecified atom stereocenters. The molecular formula is C19H34IN5. The third-order valence-corrected chi connectivity index (χ3v) is 4.65. The molecule has 2 N–H and O–H groups in total. The van der Waals surface area contributed by atoms with E-state index in [9.17, 15) is 0 Å². The Morgan fingerprint density at radius 2 is 2.04 bits per heavy atom. The molecule has 0 bridgehead atoms. The number of hydrogen-bond acceptors (Lipinski definition) is 3. The predicted molar refractivity (Wildman–Crippen MR) is 117 cm³/mol. The molecule has 0 radical (unpaired) electrons. The van der Waals surface area contributed by atoms with Crippen molar-refractivity contribution in [3.63, 3.8) is 0 Å². The summed E-state index contributed by atoms with van der Waals surface area (Å²) in [6, 6.07) is 6.73. The number of pyridine rings is 1. The summed E-state index contributed by atoms with van der Waals surface area (Å²) in [7, 11) is 2.27. The van der Waals surface area contributed by atoms with Crippen LogP contribution in [0.4, 0.5) is 0 Å². The molecule has 2 rings (SSSR count). The quantitative estimate of drug-likeness (QED) is 0.271. The Kier molecular flexibility index (Phi) is 11.8. The van der Waals surface area contributed by atoms with Gasteiger partial charge in [0.1, 0.15) is 0 Å². The fourth-order valence-corrected chi connectivity index (χ4v) is 3.23. The van der Waals surface area contributed by atoms with Gasteiger partial charge in [-0.05, 0) is 51.9 Å². The molecule has 0 aromatic carbocycles. The van der Waals surface area contributed by atoms with Crippen LogP contribution in [-0.2, 0) is 6.54 Å². The van der Waals surface area contributed by atoms with Gasteiger partial charge in [0, 0.05) is 25.3 Å². The Morgan fingerprint density at radius 1 is 1.24 bits per heavy atom. The topological polar surface area (TPSA) is 52.6 Å². The Bertz CT molecular complexity index is 474. The highest BCUT2D eigenvalue weighted by molar-refractivity contribution is 14.0. The number of nitrogens with zero attached hydrogens (tertiary/aromatic N) is 3. The van der Waals surface area contributed by atoms with Crippen LogP contribution < -0.4 is 10.6 Å². The van der Waals surface area contributed by atoms with Crippen molar-refractivity contribution in [3.05, 3.63) is 30.1 Å². The SMILES string of the molecule is CCNC(=NCc1ccccn1)NCCCN(C)C1CCCCC1.I. The van der Waals surface area contributed by atoms with Crippen molar-refractivity contribution in [2.45, 2.75) is 58.0 Å². The minimum atomic E-state index is 0. The lowest BCUT2D eigenvalue weighted by atomic mass is 9.94. The summed E-state index contributed by atoms with van der Waals surface area (Å²) in [6.07, 6.45) is 9.92. The maximum atomic E-state index is 4.61. The van der Waals surface area contributed by atoms with E-state index in [0.29, 0.717) is 6.54 Å². The van der Waals surface area contributed by atoms with Crippen LogP contribution in [0.3, 0.4) is 0 Å². The summed E-state index contributed by atoms with van der Waals surface area (Å²) in [5.74, 6) is 0.878. The second kappa shape index (κ2) is 13.3. The Balaban J connectivity index is 0.00000312. The molecule has 0 spiro atoms. The second-order valence-corrected chi connectivity index (χ2v) is 6.57. The van der Waals surface area contributed by atoms with Gasteiger partial charge in [0.05, 0.1) is 12.2 Å². The minimum absolute atomic E-state index is 0. The summed E-state index contributed by atoms with van der Waals surface area (Å²) in [5.41, 5.74) is 0.992. The van der Waals surface area contributed by atoms with Gasteiger partial charge in [0.2, 0.25) is 0 Å². The summed E-state index contributed by atoms with van der Waals surface area (Å²) in [5, 5.41) is 6.74. The van der Waals surface area contributed by atoms with Crippen molar-refractivity contribution in [2.75, 3.05) is 26.7 Å². The molecular weight excluding hydrogens is 425 g/mol. The number of halogens is 1. The fraction of sp³-hybridized carbons (Fsp3) is 0.684. The average Bonchev–Trinajstić information content (AvgIpc) is 2.64. The van der Waals surface area contributed by atoms with Crippen LogP contribution in [0.2, 0.25) is 0 Å². The van der Waals surface area contributed by atoms with E-state index in [0.717, 1.165) is 43.8 Å². The van der Waals surface area contributed by atoms with Gasteiger partial charge in [0.15, 0.2) is 5.96 Å². The van der Waals surface area contributed by atoms with Crippen LogP contribution in [0.1, 0.15) is 51.1 Å². The molecule has 1 aliphatic carbocycles. The first-order valence-corrected chi connectivity index (χ1v) is 9.42. The molecule has 1 heterocycles. The Morgan fingerprint density at radius 3 is 2.72 bits per heavy atom. The number of rotatable bonds is 8. The number of aliphatic imine (C=N–C) groups is 1. The van der Waals surface area contributed by atoms with E-state index in [1.807, 2.05) is 24.4 Å². The minimum Gasteiger partial charge on any atom is -0.357 e. The largest absolute Gasteiger partial charge is 0.357 e. The highest BCUT2D eigenvalue weighted by atomic mass is 127. The maximum Gasteiger partial charge on any atom is 0.191 e. The first-order chi connectivity index (χ1) is 11.8. The lowest BCUT2D eigenvalue weighted by Crippen LogP contribution is -2.39. The van der Waals surface area contributed by atoms with E-state index in [4.69, 9.17) is 0 Å². The van der Waals surface area contributed by atoms with E-state index in [1.54, 1.807) is 0 Å². The van der Waals surface area contributed by atoms with Crippen molar-refractivity contribution >= 4 is 29.9 Å². The fourth-order valence-electron chi connectivity index (χ4n) is 3.23. The smallest absolute Gasteiger partial charge is 0.191 e. The van der Waals surface area contributed by atoms with E-state index in [1.165, 1.54) is 32.1 Å². The molecule has 1 aromatic rings. The molecule has 1 saturated carbocycles. The molecule has 1 fully saturated rings. The molecule has 0 atom stereocenters. The molecule has 0 aliphatic heterocycles. The van der Waals surface area contributed by atoms with E-state index < -0.39 is 0 Å². The molecule has 142 valence electrons. The summed E-state index contributed by atoms with van der Waals surface area (Å²) in [4.78, 5) is 11.5. The van der Waals surface area contributed by atoms with E-state index >= 15 is 0 Å². The van der Waals surface area contributed by atoms with Crippen molar-refractivity contribution in [1.29, 1.82) is 0 Å². The standard InChI is InChI=1S/C19H33N5.HI/c1-3-20-19(23-16-17-10-7-8-13-21-17)22-14-9-15-24(2)18-11-5-4-6-12-18;/h7-8,10,13,18H,3-6,9,11-12,14-16H2,1-2H3,(H2,20,22,23);1H. The van der Waals surface area contributed by atoms with Crippen LogP contribution in [0.15, 0.2) is 29.4 Å². The van der Waals surface area contributed by atoms with Gasteiger partial charge < -0.3 is 15.5 Å². The van der Waals surface area contributed by atoms with Crippen molar-refractivity contribution in [3.8, 4) is 0 Å². The molecule has 0 saturated heterocycles. The van der Waals surface area contributed by atoms with Gasteiger partial charge >= 0.3 is 0 Å². The third kappa shape index (κ3) is 8.85. The lowest BCUT2D eigenvalue weighted by Gasteiger charge is -2.31. The van der Waals surface area contributed by atoms with Crippen LogP contribution in [0.5, 0.6) is 0 Å². The molecule has 5 nitrogen and oxygen atoms in total. The summed E-state index contributed by atoms with van der Waals surface area (Å²) in [6.45, 7) is 5.67. The van der Waals surface area contributed by atoms with Gasteiger partial charge in [-0.25, -0.2) is 4.99 Å². The number of nitrogens with one attached hydrogen (secondary N) is 2. The summed E-state index contributed by atoms with van der Waals surface area (Å²) < 4.78 is 0. The molecule has 1 aromatic heterocycles. The van der Waals surface area contributed by atoms with Gasteiger partial charge in [-0.2, -0.15) is 0 Å². The average molecular weight is 459 g/mol. The normalized spacial score (nSPS) is 15.7. The number of guanidine groups is 1. The van der Waals surface area contributed by atoms with Crippen LogP contribution in [-0.4, -0.2) is 48.6 Å². The number of hydrogen-bond donors (Lipinski definition) is 2. The zero-order valence-electron chi connectivity index (χ0n) is 15.7. The maximum absolute atomic E-state index is 4.61. The van der Waals surface area contributed by atoms with Crippen molar-refractivity contribution in [2.24, 2.45) is 4.99 Å². The second-order valence-electron chi connectivity index (χ2n) is 6.57. The molecule has 0 amide bonds. The van der Waals surface area contributed by atoms with Crippen LogP contribution >= 0.6 is 24.0 Å². The van der Waals surface area contributed by atoms with Crippen LogP contribution in [0.25, 0.3) is 0 Å². The van der Waals surface area contributed by atoms with Gasteiger partial charge in [-0.15, -0.1) is 24.0 Å². The number of aromatic nitrogens is 1. The van der Waals surface area contributed by atoms with Crippen molar-refractivity contribution in [1.82, 2.24) is 20.5 Å². The highest BCUT2D eigenvalue weighted by Crippen LogP contribution is 2.21. The predicted octanol–water partition coefficient (Wildman–Crippen LogP) is 3.41. The van der Waals surface area contributed by atoms with Gasteiger partial charge in [0.25, 0.3) is 0 Å². The first-order valence-electron chi connectivity index (χ1n) is 9.42. The Labute approximate surface area is 170 Å². The Hall–Kier alpha value is -0.890. The first kappa shape index (κ1) is 22.2. The molecule has 6 heteroatoms. The highest BCUT2D eigenvalue weighted by Gasteiger charge is 2.17. The monoisotopic (exact) mass is 459 g/mol. The zero-order valence-corrected chi connectivity index (χ0v) is 18.0. The van der Waals surface area contributed by atoms with Crippen LogP contribution in [0, 0.1) is 0 Å².